The second-order valence-electron chi connectivity index (χ2n) is 3.89. The Kier molecular flexibility index (Phi) is 3.58. The van der Waals surface area contributed by atoms with Crippen molar-refractivity contribution in [2.24, 2.45) is 12.2 Å². The summed E-state index contributed by atoms with van der Waals surface area (Å²) in [6, 6.07) is 0. The van der Waals surface area contributed by atoms with Gasteiger partial charge < -0.3 is 4.74 Å². The Bertz CT molecular complexity index is 545. The number of esters is 1. The first kappa shape index (κ1) is 13.7. The molecule has 0 fully saturated rings. The molecule has 0 bridgehead atoms. The Balaban J connectivity index is 3.38. The van der Waals surface area contributed by atoms with Crippen LogP contribution < -0.4 is 5.14 Å². The van der Waals surface area contributed by atoms with E-state index in [-0.39, 0.29) is 22.4 Å². The van der Waals surface area contributed by atoms with Gasteiger partial charge in [0.15, 0.2) is 5.03 Å². The van der Waals surface area contributed by atoms with E-state index in [0.29, 0.717) is 0 Å². The Hall–Kier alpha value is -1.41. The largest absolute Gasteiger partial charge is 0.459 e. The number of hydrogen-bond acceptors (Lipinski definition) is 5. The second kappa shape index (κ2) is 4.46. The molecule has 17 heavy (non-hydrogen) atoms. The van der Waals surface area contributed by atoms with Crippen LogP contribution in [0.3, 0.4) is 0 Å². The van der Waals surface area contributed by atoms with Gasteiger partial charge in [-0.2, -0.15) is 5.10 Å². The highest BCUT2D eigenvalue weighted by Gasteiger charge is 2.28. The molecular formula is C9H15N3O4S. The third kappa shape index (κ3) is 2.83. The normalized spacial score (nSPS) is 11.9. The van der Waals surface area contributed by atoms with Crippen molar-refractivity contribution < 1.29 is 17.9 Å². The zero-order chi connectivity index (χ0) is 13.4. The maximum Gasteiger partial charge on any atom is 0.343 e. The molecule has 0 saturated carbocycles. The van der Waals surface area contributed by atoms with Crippen molar-refractivity contribution in [2.75, 3.05) is 0 Å². The molecule has 0 radical (unpaired) electrons. The fraction of sp³-hybridized carbons (Fsp3) is 0.556. The number of aromatic nitrogens is 2. The first-order valence-corrected chi connectivity index (χ1v) is 6.46. The first-order valence-electron chi connectivity index (χ1n) is 4.92. The minimum absolute atomic E-state index is 0.108. The SMILES string of the molecule is Cc1nn(C)c(S(N)(=O)=O)c1C(=O)OC(C)C. The number of carbonyl (C=O) groups is 1. The Morgan fingerprint density at radius 1 is 1.47 bits per heavy atom. The molecule has 8 heteroatoms. The fourth-order valence-electron chi connectivity index (χ4n) is 1.47. The van der Waals surface area contributed by atoms with Crippen LogP contribution in [0.5, 0.6) is 0 Å². The number of ether oxygens (including phenoxy) is 1. The topological polar surface area (TPSA) is 104 Å². The number of sulfonamides is 1. The smallest absolute Gasteiger partial charge is 0.343 e. The molecule has 0 aliphatic rings. The summed E-state index contributed by atoms with van der Waals surface area (Å²) in [6.07, 6.45) is -0.351. The van der Waals surface area contributed by atoms with E-state index >= 15 is 0 Å². The number of rotatable bonds is 3. The van der Waals surface area contributed by atoms with Gasteiger partial charge in [0.2, 0.25) is 0 Å². The maximum atomic E-state index is 11.8. The fourth-order valence-corrected chi connectivity index (χ4v) is 2.40. The van der Waals surface area contributed by atoms with Gasteiger partial charge in [-0.1, -0.05) is 0 Å². The minimum Gasteiger partial charge on any atom is -0.459 e. The number of primary sulfonamides is 1. The Labute approximate surface area is 99.6 Å². The molecule has 0 amide bonds. The second-order valence-corrected chi connectivity index (χ2v) is 5.36. The van der Waals surface area contributed by atoms with Crippen molar-refractivity contribution in [3.05, 3.63) is 11.3 Å². The van der Waals surface area contributed by atoms with Gasteiger partial charge in [-0.25, -0.2) is 18.4 Å². The molecule has 0 atom stereocenters. The summed E-state index contributed by atoms with van der Waals surface area (Å²) >= 11 is 0. The zero-order valence-corrected chi connectivity index (χ0v) is 10.9. The van der Waals surface area contributed by atoms with Crippen LogP contribution in [0.1, 0.15) is 29.9 Å². The molecule has 0 saturated heterocycles. The van der Waals surface area contributed by atoms with E-state index in [1.807, 2.05) is 0 Å². The standard InChI is InChI=1S/C9H15N3O4S/c1-5(2)16-9(13)7-6(3)11-12(4)8(7)17(10,14)15/h5H,1-4H3,(H2,10,14,15). The van der Waals surface area contributed by atoms with E-state index in [0.717, 1.165) is 4.68 Å². The highest BCUT2D eigenvalue weighted by molar-refractivity contribution is 7.89. The van der Waals surface area contributed by atoms with Crippen molar-refractivity contribution in [3.63, 3.8) is 0 Å². The molecule has 0 unspecified atom stereocenters. The van der Waals surface area contributed by atoms with Crippen molar-refractivity contribution in [1.29, 1.82) is 0 Å². The van der Waals surface area contributed by atoms with E-state index in [1.165, 1.54) is 14.0 Å². The van der Waals surface area contributed by atoms with Gasteiger partial charge in [-0.05, 0) is 20.8 Å². The lowest BCUT2D eigenvalue weighted by atomic mass is 10.2. The maximum absolute atomic E-state index is 11.8. The average Bonchev–Trinajstić information content (AvgIpc) is 2.38. The molecular weight excluding hydrogens is 246 g/mol. The molecule has 0 aliphatic carbocycles. The summed E-state index contributed by atoms with van der Waals surface area (Å²) < 4.78 is 28.8. The van der Waals surface area contributed by atoms with Gasteiger partial charge >= 0.3 is 5.97 Å². The molecule has 0 spiro atoms. The third-order valence-electron chi connectivity index (χ3n) is 1.99. The van der Waals surface area contributed by atoms with Gasteiger partial charge in [0.25, 0.3) is 10.0 Å². The lowest BCUT2D eigenvalue weighted by molar-refractivity contribution is 0.0372. The minimum atomic E-state index is -4.02. The molecule has 1 rings (SSSR count). The number of hydrogen-bond donors (Lipinski definition) is 1. The van der Waals surface area contributed by atoms with Crippen molar-refractivity contribution in [3.8, 4) is 0 Å². The van der Waals surface area contributed by atoms with Crippen LogP contribution in [0.15, 0.2) is 5.03 Å². The van der Waals surface area contributed by atoms with Crippen LogP contribution in [-0.2, 0) is 21.8 Å². The van der Waals surface area contributed by atoms with Crippen LogP contribution in [0, 0.1) is 6.92 Å². The Morgan fingerprint density at radius 3 is 2.41 bits per heavy atom. The summed E-state index contributed by atoms with van der Waals surface area (Å²) in [4.78, 5) is 11.8. The molecule has 0 aliphatic heterocycles. The van der Waals surface area contributed by atoms with E-state index < -0.39 is 16.0 Å². The molecule has 1 aromatic heterocycles. The lowest BCUT2D eigenvalue weighted by Gasteiger charge is -2.08. The van der Waals surface area contributed by atoms with Crippen LogP contribution in [-0.4, -0.2) is 30.3 Å². The predicted octanol–water partition coefficient (Wildman–Crippen LogP) is -0.0589. The van der Waals surface area contributed by atoms with Gasteiger partial charge in [-0.3, -0.25) is 4.68 Å². The van der Waals surface area contributed by atoms with Crippen molar-refractivity contribution in [2.45, 2.75) is 31.9 Å². The first-order chi connectivity index (χ1) is 7.64. The van der Waals surface area contributed by atoms with Crippen LogP contribution in [0.4, 0.5) is 0 Å². The Morgan fingerprint density at radius 2 is 2.00 bits per heavy atom. The molecule has 7 nitrogen and oxygen atoms in total. The van der Waals surface area contributed by atoms with E-state index in [1.54, 1.807) is 13.8 Å². The van der Waals surface area contributed by atoms with E-state index in [4.69, 9.17) is 9.88 Å². The molecule has 96 valence electrons. The summed E-state index contributed by atoms with van der Waals surface area (Å²) in [7, 11) is -2.62. The van der Waals surface area contributed by atoms with Crippen molar-refractivity contribution >= 4 is 16.0 Å². The quantitative estimate of drug-likeness (QED) is 0.767. The summed E-state index contributed by atoms with van der Waals surface area (Å²) in [5, 5.41) is 8.57. The molecule has 1 aromatic rings. The van der Waals surface area contributed by atoms with Gasteiger partial charge in [-0.15, -0.1) is 0 Å². The number of carbonyl (C=O) groups excluding carboxylic acids is 1. The lowest BCUT2D eigenvalue weighted by Crippen LogP contribution is -2.21. The van der Waals surface area contributed by atoms with Gasteiger partial charge in [0, 0.05) is 7.05 Å². The predicted molar refractivity (Wildman–Crippen MR) is 59.9 cm³/mol. The third-order valence-corrected chi connectivity index (χ3v) is 2.99. The molecule has 0 aromatic carbocycles. The van der Waals surface area contributed by atoms with Crippen LogP contribution in [0.2, 0.25) is 0 Å². The van der Waals surface area contributed by atoms with E-state index in [9.17, 15) is 13.2 Å². The molecule has 1 heterocycles. The summed E-state index contributed by atoms with van der Waals surface area (Å²) in [5.74, 6) is -0.741. The molecule has 2 N–H and O–H groups in total. The average molecular weight is 261 g/mol. The number of nitrogens with two attached hydrogens (primary N) is 1. The van der Waals surface area contributed by atoms with E-state index in [2.05, 4.69) is 5.10 Å². The number of aryl methyl sites for hydroxylation is 2. The highest BCUT2D eigenvalue weighted by Crippen LogP contribution is 2.18. The summed E-state index contributed by atoms with van der Waals surface area (Å²) in [6.45, 7) is 4.85. The zero-order valence-electron chi connectivity index (χ0n) is 10.1. The summed E-state index contributed by atoms with van der Waals surface area (Å²) in [5.41, 5.74) is 0.158. The van der Waals surface area contributed by atoms with Crippen LogP contribution >= 0.6 is 0 Å². The van der Waals surface area contributed by atoms with Gasteiger partial charge in [0.1, 0.15) is 5.56 Å². The monoisotopic (exact) mass is 261 g/mol. The van der Waals surface area contributed by atoms with Crippen LogP contribution in [0.25, 0.3) is 0 Å². The highest BCUT2D eigenvalue weighted by atomic mass is 32.2. The van der Waals surface area contributed by atoms with Crippen molar-refractivity contribution in [1.82, 2.24) is 9.78 Å². The number of nitrogens with zero attached hydrogens (tertiary/aromatic N) is 2. The van der Waals surface area contributed by atoms with Gasteiger partial charge in [0.05, 0.1) is 11.8 Å².